The van der Waals surface area contributed by atoms with Crippen LogP contribution in [0.1, 0.15) is 26.2 Å². The van der Waals surface area contributed by atoms with Crippen LogP contribution in [0, 0.1) is 0 Å². The molecule has 0 spiro atoms. The van der Waals surface area contributed by atoms with Crippen LogP contribution in [0.2, 0.25) is 0 Å². The van der Waals surface area contributed by atoms with Crippen LogP contribution in [0.5, 0.6) is 0 Å². The Balaban J connectivity index is 2.42. The lowest BCUT2D eigenvalue weighted by atomic mass is 10.1. The van der Waals surface area contributed by atoms with Gasteiger partial charge >= 0.3 is 0 Å². The number of nitrogens with one attached hydrogen (secondary N) is 1. The molecule has 0 aromatic rings. The lowest BCUT2D eigenvalue weighted by Gasteiger charge is -2.31. The van der Waals surface area contributed by atoms with E-state index in [9.17, 15) is 13.2 Å². The molecular formula is C12H23N3O3S. The standard InChI is InChI=1S/C12H23N3O3S/c1-3-5-11(13)12(16)14-10-6-8-15(9-7-10)19(17,18)4-2/h3,10-11H,1,4-9,13H2,2H3,(H,14,16). The fraction of sp³-hybridized carbons (Fsp3) is 0.750. The van der Waals surface area contributed by atoms with Crippen molar-refractivity contribution in [2.75, 3.05) is 18.8 Å². The summed E-state index contributed by atoms with van der Waals surface area (Å²) in [4.78, 5) is 11.7. The molecule has 0 radical (unpaired) electrons. The summed E-state index contributed by atoms with van der Waals surface area (Å²) < 4.78 is 24.9. The van der Waals surface area contributed by atoms with Crippen LogP contribution in [0.3, 0.4) is 0 Å². The van der Waals surface area contributed by atoms with Gasteiger partial charge in [0.25, 0.3) is 0 Å². The van der Waals surface area contributed by atoms with E-state index in [1.165, 1.54) is 4.31 Å². The minimum absolute atomic E-state index is 0.00618. The number of nitrogens with zero attached hydrogens (tertiary/aromatic N) is 1. The third kappa shape index (κ3) is 4.59. The Morgan fingerprint density at radius 2 is 2.11 bits per heavy atom. The zero-order valence-electron chi connectivity index (χ0n) is 11.3. The Kier molecular flexibility index (Phi) is 5.96. The van der Waals surface area contributed by atoms with Crippen molar-refractivity contribution in [3.63, 3.8) is 0 Å². The van der Waals surface area contributed by atoms with Gasteiger partial charge in [-0.2, -0.15) is 0 Å². The van der Waals surface area contributed by atoms with Crippen molar-refractivity contribution >= 4 is 15.9 Å². The summed E-state index contributed by atoms with van der Waals surface area (Å²) in [5.74, 6) is -0.0782. The minimum Gasteiger partial charge on any atom is -0.352 e. The molecule has 1 aliphatic rings. The van der Waals surface area contributed by atoms with Gasteiger partial charge in [-0.05, 0) is 26.2 Å². The van der Waals surface area contributed by atoms with E-state index < -0.39 is 16.1 Å². The molecule has 7 heteroatoms. The highest BCUT2D eigenvalue weighted by atomic mass is 32.2. The van der Waals surface area contributed by atoms with E-state index in [1.54, 1.807) is 13.0 Å². The Morgan fingerprint density at radius 3 is 2.58 bits per heavy atom. The zero-order valence-corrected chi connectivity index (χ0v) is 12.2. The molecular weight excluding hydrogens is 266 g/mol. The Hall–Kier alpha value is -0.920. The molecule has 1 rings (SSSR count). The van der Waals surface area contributed by atoms with Crippen molar-refractivity contribution < 1.29 is 13.2 Å². The highest BCUT2D eigenvalue weighted by Crippen LogP contribution is 2.14. The number of piperidine rings is 1. The van der Waals surface area contributed by atoms with Crippen LogP contribution in [0.15, 0.2) is 12.7 Å². The van der Waals surface area contributed by atoms with Gasteiger partial charge in [-0.25, -0.2) is 12.7 Å². The number of carbonyl (C=O) groups is 1. The molecule has 19 heavy (non-hydrogen) atoms. The van der Waals surface area contributed by atoms with Crippen molar-refractivity contribution in [1.29, 1.82) is 0 Å². The average Bonchev–Trinajstić information content (AvgIpc) is 2.39. The molecule has 1 heterocycles. The number of carbonyl (C=O) groups excluding carboxylic acids is 1. The van der Waals surface area contributed by atoms with Crippen LogP contribution in [0.4, 0.5) is 0 Å². The van der Waals surface area contributed by atoms with Gasteiger partial charge in [0.15, 0.2) is 0 Å². The second-order valence-corrected chi connectivity index (χ2v) is 6.97. The molecule has 1 unspecified atom stereocenters. The molecule has 1 saturated heterocycles. The Morgan fingerprint density at radius 1 is 1.53 bits per heavy atom. The van der Waals surface area contributed by atoms with Gasteiger partial charge in [0.2, 0.25) is 15.9 Å². The zero-order chi connectivity index (χ0) is 14.5. The fourth-order valence-corrected chi connectivity index (χ4v) is 3.19. The molecule has 0 aromatic carbocycles. The molecule has 0 aliphatic carbocycles. The van der Waals surface area contributed by atoms with Crippen LogP contribution >= 0.6 is 0 Å². The van der Waals surface area contributed by atoms with E-state index in [2.05, 4.69) is 11.9 Å². The summed E-state index contributed by atoms with van der Waals surface area (Å²) in [6.45, 7) is 6.09. The van der Waals surface area contributed by atoms with E-state index >= 15 is 0 Å². The summed E-state index contributed by atoms with van der Waals surface area (Å²) in [5, 5.41) is 2.86. The number of sulfonamides is 1. The number of rotatable bonds is 6. The second-order valence-electron chi connectivity index (χ2n) is 4.71. The highest BCUT2D eigenvalue weighted by Gasteiger charge is 2.27. The van der Waals surface area contributed by atoms with Crippen molar-refractivity contribution in [2.45, 2.75) is 38.3 Å². The van der Waals surface area contributed by atoms with Crippen LogP contribution in [-0.2, 0) is 14.8 Å². The van der Waals surface area contributed by atoms with Crippen LogP contribution < -0.4 is 11.1 Å². The molecule has 6 nitrogen and oxygen atoms in total. The summed E-state index contributed by atoms with van der Waals surface area (Å²) in [6, 6.07) is -0.568. The van der Waals surface area contributed by atoms with E-state index in [-0.39, 0.29) is 17.7 Å². The first-order valence-electron chi connectivity index (χ1n) is 6.55. The third-order valence-corrected chi connectivity index (χ3v) is 5.20. The predicted octanol–water partition coefficient (Wildman–Crippen LogP) is -0.180. The molecule has 0 bridgehead atoms. The first-order valence-corrected chi connectivity index (χ1v) is 8.16. The summed E-state index contributed by atoms with van der Waals surface area (Å²) in [7, 11) is -3.12. The highest BCUT2D eigenvalue weighted by molar-refractivity contribution is 7.89. The van der Waals surface area contributed by atoms with Gasteiger partial charge in [-0.3, -0.25) is 4.79 Å². The van der Waals surface area contributed by atoms with Gasteiger partial charge in [-0.1, -0.05) is 6.08 Å². The quantitative estimate of drug-likeness (QED) is 0.663. The molecule has 3 N–H and O–H groups in total. The van der Waals surface area contributed by atoms with E-state index in [1.807, 2.05) is 0 Å². The van der Waals surface area contributed by atoms with Gasteiger partial charge in [0.05, 0.1) is 11.8 Å². The molecule has 1 amide bonds. The SMILES string of the molecule is C=CCC(N)C(=O)NC1CCN(S(=O)(=O)CC)CC1. The van der Waals surface area contributed by atoms with Gasteiger partial charge in [0, 0.05) is 19.1 Å². The number of hydrogen-bond acceptors (Lipinski definition) is 4. The summed E-state index contributed by atoms with van der Waals surface area (Å²) in [5.41, 5.74) is 5.67. The lowest BCUT2D eigenvalue weighted by molar-refractivity contribution is -0.123. The maximum atomic E-state index is 11.7. The first-order chi connectivity index (χ1) is 8.90. The normalized spacial score (nSPS) is 19.9. The van der Waals surface area contributed by atoms with E-state index in [4.69, 9.17) is 5.73 Å². The molecule has 1 atom stereocenters. The molecule has 1 aliphatic heterocycles. The Labute approximate surface area is 115 Å². The van der Waals surface area contributed by atoms with Gasteiger partial charge in [0.1, 0.15) is 0 Å². The molecule has 0 aromatic heterocycles. The van der Waals surface area contributed by atoms with Crippen molar-refractivity contribution in [3.8, 4) is 0 Å². The third-order valence-electron chi connectivity index (χ3n) is 3.32. The topological polar surface area (TPSA) is 92.5 Å². The van der Waals surface area contributed by atoms with E-state index in [0.717, 1.165) is 0 Å². The largest absolute Gasteiger partial charge is 0.352 e. The molecule has 0 saturated carbocycles. The Bertz CT molecular complexity index is 414. The first kappa shape index (κ1) is 16.1. The van der Waals surface area contributed by atoms with Crippen LogP contribution in [-0.4, -0.2) is 49.6 Å². The number of hydrogen-bond donors (Lipinski definition) is 2. The maximum Gasteiger partial charge on any atom is 0.237 e. The van der Waals surface area contributed by atoms with Crippen molar-refractivity contribution in [1.82, 2.24) is 9.62 Å². The monoisotopic (exact) mass is 289 g/mol. The summed E-state index contributed by atoms with van der Waals surface area (Å²) >= 11 is 0. The second kappa shape index (κ2) is 7.02. The lowest BCUT2D eigenvalue weighted by Crippen LogP contribution is -2.50. The number of amides is 1. The molecule has 1 fully saturated rings. The number of nitrogens with two attached hydrogens (primary N) is 1. The van der Waals surface area contributed by atoms with E-state index in [0.29, 0.717) is 32.4 Å². The fourth-order valence-electron chi connectivity index (χ4n) is 2.06. The minimum atomic E-state index is -3.12. The summed E-state index contributed by atoms with van der Waals surface area (Å²) in [6.07, 6.45) is 3.31. The average molecular weight is 289 g/mol. The van der Waals surface area contributed by atoms with Gasteiger partial charge < -0.3 is 11.1 Å². The predicted molar refractivity (Wildman–Crippen MR) is 75.0 cm³/mol. The maximum absolute atomic E-state index is 11.7. The smallest absolute Gasteiger partial charge is 0.237 e. The van der Waals surface area contributed by atoms with Crippen LogP contribution in [0.25, 0.3) is 0 Å². The molecule has 110 valence electrons. The van der Waals surface area contributed by atoms with Crippen molar-refractivity contribution in [3.05, 3.63) is 12.7 Å². The van der Waals surface area contributed by atoms with Gasteiger partial charge in [-0.15, -0.1) is 6.58 Å². The van der Waals surface area contributed by atoms with Crippen molar-refractivity contribution in [2.24, 2.45) is 5.73 Å².